The summed E-state index contributed by atoms with van der Waals surface area (Å²) >= 11 is 0. The fourth-order valence-electron chi connectivity index (χ4n) is 13.1. The average molecular weight is 719 g/mol. The van der Waals surface area contributed by atoms with E-state index >= 15 is 0 Å². The zero-order chi connectivity index (χ0) is 37.3. The Morgan fingerprint density at radius 2 is 1.31 bits per heavy atom. The van der Waals surface area contributed by atoms with Crippen LogP contribution < -0.4 is 0 Å². The highest BCUT2D eigenvalue weighted by molar-refractivity contribution is 5.89. The van der Waals surface area contributed by atoms with Gasteiger partial charge in [0, 0.05) is 68.1 Å². The molecule has 15 heteroatoms. The first-order valence-electron chi connectivity index (χ1n) is 17.8. The van der Waals surface area contributed by atoms with E-state index in [-0.39, 0.29) is 12.5 Å². The van der Waals surface area contributed by atoms with E-state index in [1.54, 1.807) is 20.8 Å². The van der Waals surface area contributed by atoms with Gasteiger partial charge in [-0.15, -0.1) is 0 Å². The lowest BCUT2D eigenvalue weighted by atomic mass is 9.41. The van der Waals surface area contributed by atoms with Crippen molar-refractivity contribution in [3.8, 4) is 0 Å². The molecular formula is C36H46O15. The number of fused-ring (bicyclic) bond motifs is 9. The number of ketones is 1. The van der Waals surface area contributed by atoms with Crippen LogP contribution in [0.5, 0.6) is 0 Å². The van der Waals surface area contributed by atoms with E-state index in [1.165, 1.54) is 34.6 Å². The first kappa shape index (κ1) is 34.9. The van der Waals surface area contributed by atoms with Gasteiger partial charge >= 0.3 is 29.8 Å². The zero-order valence-electron chi connectivity index (χ0n) is 30.1. The Hall–Kier alpha value is -3.14. The SMILES string of the molecule is CC(=O)O[C@@H]1[C@H]2[C@@H]3C(=O)[C@H](O)C4C[C@@H]5O[C@@H]5[C@H](OC(C)=O)[C@]4(C)[C@H]3[C@H](OC(C)=O)[C@H](OC(C)=O)[C@]2(C)[C@H]2[C@H](C)[C@@H]3O[C@@]34OC(=O)[C@@](C)(O)[C@]4(C)[C@H]12. The van der Waals surface area contributed by atoms with Crippen molar-refractivity contribution in [1.29, 1.82) is 0 Å². The molecule has 0 bridgehead atoms. The molecule has 1 spiro atoms. The van der Waals surface area contributed by atoms with Crippen molar-refractivity contribution >= 4 is 35.6 Å². The Morgan fingerprint density at radius 1 is 0.765 bits per heavy atom. The molecule has 3 aliphatic heterocycles. The molecule has 3 saturated heterocycles. The van der Waals surface area contributed by atoms with Gasteiger partial charge in [0.1, 0.15) is 42.7 Å². The molecular weight excluding hydrogens is 672 g/mol. The van der Waals surface area contributed by atoms with E-state index in [9.17, 15) is 39.0 Å². The van der Waals surface area contributed by atoms with Gasteiger partial charge in [-0.2, -0.15) is 0 Å². The van der Waals surface area contributed by atoms with Crippen LogP contribution in [-0.4, -0.2) is 106 Å². The molecule has 8 aliphatic rings. The fraction of sp³-hybridized carbons (Fsp3) is 0.833. The Kier molecular flexibility index (Phi) is 7.05. The average Bonchev–Trinajstić information content (AvgIpc) is 3.92. The van der Waals surface area contributed by atoms with Crippen LogP contribution in [0, 0.1) is 57.7 Å². The fourth-order valence-corrected chi connectivity index (χ4v) is 13.1. The maximum Gasteiger partial charge on any atom is 0.341 e. The van der Waals surface area contributed by atoms with Crippen molar-refractivity contribution in [1.82, 2.24) is 0 Å². The van der Waals surface area contributed by atoms with E-state index in [2.05, 4.69) is 0 Å². The van der Waals surface area contributed by atoms with Gasteiger partial charge < -0.3 is 43.4 Å². The molecule has 0 aromatic carbocycles. The number of ether oxygens (including phenoxy) is 7. The van der Waals surface area contributed by atoms with Crippen LogP contribution in [0.15, 0.2) is 0 Å². The number of esters is 5. The summed E-state index contributed by atoms with van der Waals surface area (Å²) in [5.74, 6) is -12.1. The maximum atomic E-state index is 15.0. The van der Waals surface area contributed by atoms with Crippen molar-refractivity contribution in [3.63, 3.8) is 0 Å². The predicted octanol–water partition coefficient (Wildman–Crippen LogP) is 0.624. The normalized spacial score (nSPS) is 56.6. The molecule has 8 rings (SSSR count). The Bertz CT molecular complexity index is 1660. The van der Waals surface area contributed by atoms with E-state index in [0.717, 1.165) is 0 Å². The second kappa shape index (κ2) is 10.3. The Labute approximate surface area is 294 Å². The summed E-state index contributed by atoms with van der Waals surface area (Å²) in [7, 11) is 0. The van der Waals surface area contributed by atoms with Crippen molar-refractivity contribution in [2.24, 2.45) is 57.7 Å². The molecule has 280 valence electrons. The van der Waals surface area contributed by atoms with Gasteiger partial charge in [0.15, 0.2) is 11.4 Å². The molecule has 0 aromatic rings. The van der Waals surface area contributed by atoms with Gasteiger partial charge in [-0.3, -0.25) is 24.0 Å². The van der Waals surface area contributed by atoms with Crippen molar-refractivity contribution in [2.45, 2.75) is 129 Å². The van der Waals surface area contributed by atoms with E-state index in [4.69, 9.17) is 33.2 Å². The highest BCUT2D eigenvalue weighted by atomic mass is 16.8. The maximum absolute atomic E-state index is 15.0. The number of Topliss-reactive ketones (excluding diaryl/α,β-unsaturated/α-hetero) is 1. The van der Waals surface area contributed by atoms with Crippen LogP contribution in [0.2, 0.25) is 0 Å². The predicted molar refractivity (Wildman–Crippen MR) is 165 cm³/mol. The lowest BCUT2D eigenvalue weighted by Crippen LogP contribution is -2.74. The third kappa shape index (κ3) is 3.93. The number of rotatable bonds is 4. The summed E-state index contributed by atoms with van der Waals surface area (Å²) in [5.41, 5.74) is -6.39. The number of hydrogen-bond acceptors (Lipinski definition) is 15. The first-order valence-corrected chi connectivity index (χ1v) is 17.8. The molecule has 0 aromatic heterocycles. The smallest absolute Gasteiger partial charge is 0.341 e. The second-order valence-electron chi connectivity index (χ2n) is 17.1. The Balaban J connectivity index is 1.42. The van der Waals surface area contributed by atoms with Crippen LogP contribution in [0.25, 0.3) is 0 Å². The number of carbonyl (C=O) groups excluding carboxylic acids is 6. The molecule has 2 N–H and O–H groups in total. The van der Waals surface area contributed by atoms with Crippen LogP contribution in [0.4, 0.5) is 0 Å². The molecule has 0 amide bonds. The minimum atomic E-state index is -2.16. The quantitative estimate of drug-likeness (QED) is 0.232. The Morgan fingerprint density at radius 3 is 1.90 bits per heavy atom. The van der Waals surface area contributed by atoms with Crippen molar-refractivity contribution in [2.75, 3.05) is 0 Å². The van der Waals surface area contributed by atoms with E-state index < -0.39 is 147 Å². The first-order chi connectivity index (χ1) is 23.6. The number of hydrogen-bond donors (Lipinski definition) is 2. The summed E-state index contributed by atoms with van der Waals surface area (Å²) in [6.07, 6.45) is -7.82. The van der Waals surface area contributed by atoms with Crippen molar-refractivity contribution < 1.29 is 72.1 Å². The molecule has 8 fully saturated rings. The molecule has 0 radical (unpaired) electrons. The van der Waals surface area contributed by atoms with Gasteiger partial charge in [0.05, 0.1) is 11.5 Å². The summed E-state index contributed by atoms with van der Waals surface area (Å²) in [6, 6.07) is 0. The van der Waals surface area contributed by atoms with E-state index in [1.807, 2.05) is 6.92 Å². The van der Waals surface area contributed by atoms with Crippen LogP contribution in [0.1, 0.15) is 68.7 Å². The molecule has 5 saturated carbocycles. The van der Waals surface area contributed by atoms with Crippen LogP contribution in [0.3, 0.4) is 0 Å². The van der Waals surface area contributed by atoms with Gasteiger partial charge in [-0.1, -0.05) is 20.8 Å². The molecule has 1 unspecified atom stereocenters. The minimum absolute atomic E-state index is 0.250. The number of epoxide rings is 2. The van der Waals surface area contributed by atoms with Gasteiger partial charge in [-0.05, 0) is 32.1 Å². The summed E-state index contributed by atoms with van der Waals surface area (Å²) < 4.78 is 42.7. The van der Waals surface area contributed by atoms with Crippen LogP contribution >= 0.6 is 0 Å². The van der Waals surface area contributed by atoms with E-state index in [0.29, 0.717) is 0 Å². The molecule has 51 heavy (non-hydrogen) atoms. The minimum Gasteiger partial charge on any atom is -0.462 e. The molecule has 5 aliphatic carbocycles. The lowest BCUT2D eigenvalue weighted by molar-refractivity contribution is -0.267. The third-order valence-corrected chi connectivity index (χ3v) is 15.0. The van der Waals surface area contributed by atoms with Crippen molar-refractivity contribution in [3.05, 3.63) is 0 Å². The van der Waals surface area contributed by atoms with Gasteiger partial charge in [0.2, 0.25) is 5.79 Å². The lowest BCUT2D eigenvalue weighted by Gasteiger charge is -2.65. The molecule has 20 atom stereocenters. The monoisotopic (exact) mass is 718 g/mol. The number of aliphatic hydroxyl groups is 2. The number of carbonyl (C=O) groups is 6. The molecule has 15 nitrogen and oxygen atoms in total. The highest BCUT2D eigenvalue weighted by Gasteiger charge is 2.93. The highest BCUT2D eigenvalue weighted by Crippen LogP contribution is 2.81. The summed E-state index contributed by atoms with van der Waals surface area (Å²) in [6.45, 7) is 13.3. The van der Waals surface area contributed by atoms with Gasteiger partial charge in [-0.25, -0.2) is 4.79 Å². The largest absolute Gasteiger partial charge is 0.462 e. The van der Waals surface area contributed by atoms with Gasteiger partial charge in [0.25, 0.3) is 0 Å². The second-order valence-corrected chi connectivity index (χ2v) is 17.1. The topological polar surface area (TPSA) is 214 Å². The standard InChI is InChI=1S/C36H46O15/c1-11-19-22(34(8)35(9,44)31(43)51-36(34)28(11)50-36)26(45-12(2)37)20-18-21(27(46-13(3)38)30(33(19,20)7)48-15(5)40)32(6)16(23(41)24(18)42)10-17-25(49-17)29(32)47-14(4)39/h11,16-23,25-30,41,44H,10H2,1-9H3/t11-,16?,17-,18-,19-,20+,21+,22-,23+,25-,26+,27-,28-,29-,30-,32-,33+,34-,35+,36+/m0/s1. The number of aliphatic hydroxyl groups excluding tert-OH is 1. The summed E-state index contributed by atoms with van der Waals surface area (Å²) in [5, 5.41) is 24.1. The zero-order valence-corrected chi connectivity index (χ0v) is 30.1. The third-order valence-electron chi connectivity index (χ3n) is 15.0. The summed E-state index contributed by atoms with van der Waals surface area (Å²) in [4.78, 5) is 80.5. The molecule has 3 heterocycles. The van der Waals surface area contributed by atoms with Crippen LogP contribution in [-0.2, 0) is 61.9 Å².